The number of rotatable bonds is 3. The molecule has 2 rings (SSSR count). The van der Waals surface area contributed by atoms with Crippen LogP contribution in [0.15, 0.2) is 24.3 Å². The van der Waals surface area contributed by atoms with E-state index in [1.165, 1.54) is 25.8 Å². The number of halogens is 2. The second kappa shape index (κ2) is 6.25. The molecule has 0 fully saturated rings. The molecule has 0 saturated carbocycles. The SMILES string of the molecule is Cc1ccc(F)c(C)c1CCc1c(C)ccc(I)c1C. The quantitative estimate of drug-likeness (QED) is 0.620. The highest BCUT2D eigenvalue weighted by atomic mass is 127. The maximum absolute atomic E-state index is 13.7. The fourth-order valence-electron chi connectivity index (χ4n) is 2.75. The van der Waals surface area contributed by atoms with Gasteiger partial charge >= 0.3 is 0 Å². The minimum atomic E-state index is -0.0957. The number of aryl methyl sites for hydroxylation is 2. The topological polar surface area (TPSA) is 0 Å². The van der Waals surface area contributed by atoms with Crippen molar-refractivity contribution in [2.24, 2.45) is 0 Å². The van der Waals surface area contributed by atoms with Crippen LogP contribution < -0.4 is 0 Å². The lowest BCUT2D eigenvalue weighted by molar-refractivity contribution is 0.614. The molecule has 0 N–H and O–H groups in total. The molecule has 0 aromatic heterocycles. The molecule has 0 bridgehead atoms. The van der Waals surface area contributed by atoms with Crippen molar-refractivity contribution >= 4 is 22.6 Å². The van der Waals surface area contributed by atoms with Crippen LogP contribution in [-0.2, 0) is 12.8 Å². The van der Waals surface area contributed by atoms with Crippen molar-refractivity contribution in [2.45, 2.75) is 40.5 Å². The molecule has 0 nitrogen and oxygen atoms in total. The van der Waals surface area contributed by atoms with E-state index >= 15 is 0 Å². The predicted octanol–water partition coefficient (Wildman–Crippen LogP) is 5.45. The molecular formula is C18H20FI. The Labute approximate surface area is 134 Å². The molecule has 0 aliphatic rings. The van der Waals surface area contributed by atoms with Gasteiger partial charge in [0, 0.05) is 3.57 Å². The van der Waals surface area contributed by atoms with E-state index in [1.807, 2.05) is 13.0 Å². The summed E-state index contributed by atoms with van der Waals surface area (Å²) in [7, 11) is 0. The van der Waals surface area contributed by atoms with Crippen LogP contribution in [-0.4, -0.2) is 0 Å². The van der Waals surface area contributed by atoms with E-state index in [0.29, 0.717) is 0 Å². The third-order valence-corrected chi connectivity index (χ3v) is 5.33. The van der Waals surface area contributed by atoms with Gasteiger partial charge in [-0.05, 0) is 109 Å². The summed E-state index contributed by atoms with van der Waals surface area (Å²) in [6, 6.07) is 7.78. The van der Waals surface area contributed by atoms with E-state index in [1.54, 1.807) is 6.07 Å². The molecule has 0 spiro atoms. The maximum Gasteiger partial charge on any atom is 0.126 e. The third kappa shape index (κ3) is 3.05. The largest absolute Gasteiger partial charge is 0.207 e. The zero-order valence-corrected chi connectivity index (χ0v) is 14.6. The Balaban J connectivity index is 2.31. The molecule has 0 heterocycles. The van der Waals surface area contributed by atoms with Gasteiger partial charge in [0.25, 0.3) is 0 Å². The number of hydrogen-bond acceptors (Lipinski definition) is 0. The molecule has 20 heavy (non-hydrogen) atoms. The summed E-state index contributed by atoms with van der Waals surface area (Å²) >= 11 is 2.38. The van der Waals surface area contributed by atoms with Gasteiger partial charge in [0.1, 0.15) is 5.82 Å². The van der Waals surface area contributed by atoms with Crippen molar-refractivity contribution in [1.29, 1.82) is 0 Å². The average molecular weight is 382 g/mol. The molecule has 106 valence electrons. The van der Waals surface area contributed by atoms with Crippen molar-refractivity contribution in [3.8, 4) is 0 Å². The first-order valence-corrected chi connectivity index (χ1v) is 7.99. The Kier molecular flexibility index (Phi) is 4.84. The van der Waals surface area contributed by atoms with Crippen LogP contribution in [0.4, 0.5) is 4.39 Å². The van der Waals surface area contributed by atoms with Crippen molar-refractivity contribution < 1.29 is 4.39 Å². The van der Waals surface area contributed by atoms with E-state index in [4.69, 9.17) is 0 Å². The van der Waals surface area contributed by atoms with E-state index in [-0.39, 0.29) is 5.82 Å². The molecule has 0 amide bonds. The summed E-state index contributed by atoms with van der Waals surface area (Å²) in [4.78, 5) is 0. The van der Waals surface area contributed by atoms with Gasteiger partial charge in [0.05, 0.1) is 0 Å². The standard InChI is InChI=1S/C18H20FI/c1-11-5-9-17(19)13(3)15(11)7-8-16-12(2)6-10-18(20)14(16)4/h5-6,9-10H,7-8H2,1-4H3. The van der Waals surface area contributed by atoms with Crippen molar-refractivity contribution in [1.82, 2.24) is 0 Å². The van der Waals surface area contributed by atoms with Gasteiger partial charge in [0.15, 0.2) is 0 Å². The minimum absolute atomic E-state index is 0.0957. The lowest BCUT2D eigenvalue weighted by Gasteiger charge is -2.14. The summed E-state index contributed by atoms with van der Waals surface area (Å²) in [5.74, 6) is -0.0957. The fraction of sp³-hybridized carbons (Fsp3) is 0.333. The van der Waals surface area contributed by atoms with Crippen LogP contribution in [0.2, 0.25) is 0 Å². The third-order valence-electron chi connectivity index (χ3n) is 4.16. The molecule has 0 aliphatic heterocycles. The summed E-state index contributed by atoms with van der Waals surface area (Å²) in [6.45, 7) is 8.28. The van der Waals surface area contributed by atoms with Gasteiger partial charge in [-0.3, -0.25) is 0 Å². The van der Waals surface area contributed by atoms with Gasteiger partial charge in [0.2, 0.25) is 0 Å². The van der Waals surface area contributed by atoms with Crippen LogP contribution >= 0.6 is 22.6 Å². The molecule has 0 atom stereocenters. The Morgan fingerprint density at radius 2 is 1.30 bits per heavy atom. The average Bonchev–Trinajstić information content (AvgIpc) is 2.42. The summed E-state index contributed by atoms with van der Waals surface area (Å²) in [6.07, 6.45) is 1.87. The van der Waals surface area contributed by atoms with Gasteiger partial charge in [-0.1, -0.05) is 12.1 Å². The minimum Gasteiger partial charge on any atom is -0.207 e. The van der Waals surface area contributed by atoms with Crippen LogP contribution in [0, 0.1) is 37.1 Å². The van der Waals surface area contributed by atoms with Gasteiger partial charge in [-0.2, -0.15) is 0 Å². The first kappa shape index (κ1) is 15.5. The number of hydrogen-bond donors (Lipinski definition) is 0. The Morgan fingerprint density at radius 1 is 0.800 bits per heavy atom. The Hall–Kier alpha value is -0.900. The zero-order chi connectivity index (χ0) is 14.9. The summed E-state index contributed by atoms with van der Waals surface area (Å²) in [5.41, 5.74) is 7.23. The van der Waals surface area contributed by atoms with E-state index in [0.717, 1.165) is 24.0 Å². The molecule has 0 aliphatic carbocycles. The Morgan fingerprint density at radius 3 is 1.90 bits per heavy atom. The molecular weight excluding hydrogens is 362 g/mol. The van der Waals surface area contributed by atoms with Gasteiger partial charge in [-0.25, -0.2) is 4.39 Å². The van der Waals surface area contributed by atoms with E-state index in [2.05, 4.69) is 55.5 Å². The van der Waals surface area contributed by atoms with Crippen LogP contribution in [0.1, 0.15) is 33.4 Å². The fourth-order valence-corrected chi connectivity index (χ4v) is 3.25. The second-order valence-corrected chi connectivity index (χ2v) is 6.60. The highest BCUT2D eigenvalue weighted by Gasteiger charge is 2.10. The van der Waals surface area contributed by atoms with E-state index in [9.17, 15) is 4.39 Å². The van der Waals surface area contributed by atoms with Crippen LogP contribution in [0.25, 0.3) is 0 Å². The monoisotopic (exact) mass is 382 g/mol. The highest BCUT2D eigenvalue weighted by Crippen LogP contribution is 2.24. The first-order chi connectivity index (χ1) is 9.41. The highest BCUT2D eigenvalue weighted by molar-refractivity contribution is 14.1. The van der Waals surface area contributed by atoms with Gasteiger partial charge < -0.3 is 0 Å². The van der Waals surface area contributed by atoms with E-state index < -0.39 is 0 Å². The van der Waals surface area contributed by atoms with Crippen molar-refractivity contribution in [2.75, 3.05) is 0 Å². The molecule has 2 heteroatoms. The lowest BCUT2D eigenvalue weighted by atomic mass is 9.92. The maximum atomic E-state index is 13.7. The molecule has 2 aromatic carbocycles. The van der Waals surface area contributed by atoms with Crippen molar-refractivity contribution in [3.05, 3.63) is 67.0 Å². The van der Waals surface area contributed by atoms with Crippen LogP contribution in [0.3, 0.4) is 0 Å². The summed E-state index contributed by atoms with van der Waals surface area (Å²) in [5, 5.41) is 0. The lowest BCUT2D eigenvalue weighted by Crippen LogP contribution is -2.03. The second-order valence-electron chi connectivity index (χ2n) is 5.44. The molecule has 0 saturated heterocycles. The first-order valence-electron chi connectivity index (χ1n) is 6.91. The zero-order valence-electron chi connectivity index (χ0n) is 12.5. The smallest absolute Gasteiger partial charge is 0.126 e. The van der Waals surface area contributed by atoms with Crippen LogP contribution in [0.5, 0.6) is 0 Å². The molecule has 0 radical (unpaired) electrons. The normalized spacial score (nSPS) is 10.9. The molecule has 0 unspecified atom stereocenters. The summed E-state index contributed by atoms with van der Waals surface area (Å²) < 4.78 is 15.0. The Bertz CT molecular complexity index is 587. The van der Waals surface area contributed by atoms with Gasteiger partial charge in [-0.15, -0.1) is 0 Å². The molecule has 2 aromatic rings. The van der Waals surface area contributed by atoms with Crippen molar-refractivity contribution in [3.63, 3.8) is 0 Å². The predicted molar refractivity (Wildman–Crippen MR) is 91.9 cm³/mol. The number of benzene rings is 2.